The van der Waals surface area contributed by atoms with Gasteiger partial charge in [0, 0.05) is 17.3 Å². The summed E-state index contributed by atoms with van der Waals surface area (Å²) in [6.07, 6.45) is 0. The van der Waals surface area contributed by atoms with Crippen molar-refractivity contribution in [1.29, 1.82) is 0 Å². The zero-order valence-electron chi connectivity index (χ0n) is 9.33. The second-order valence-corrected chi connectivity index (χ2v) is 4.76. The van der Waals surface area contributed by atoms with E-state index in [0.29, 0.717) is 11.3 Å². The Labute approximate surface area is 110 Å². The first kappa shape index (κ1) is 14.3. The molecule has 1 amide bonds. The molecule has 1 aromatic rings. The Morgan fingerprint density at radius 2 is 2.35 bits per heavy atom. The van der Waals surface area contributed by atoms with Gasteiger partial charge in [0.15, 0.2) is 0 Å². The van der Waals surface area contributed by atoms with E-state index in [9.17, 15) is 9.18 Å². The minimum Gasteiger partial charge on any atom is -0.325 e. The number of nitrogens with one attached hydrogen (secondary N) is 2. The van der Waals surface area contributed by atoms with Gasteiger partial charge in [-0.05, 0) is 24.6 Å². The first-order valence-electron chi connectivity index (χ1n) is 5.05. The standard InChI is InChI=1S/C11H13FN2OS.ClH/c1-7-2-3-8(4-9(7)12)14-11(15)10-5-16-6-13-10;/h2-4,10,13H,5-6H2,1H3,(H,14,15);1H. The van der Waals surface area contributed by atoms with Crippen LogP contribution in [0.5, 0.6) is 0 Å². The lowest BCUT2D eigenvalue weighted by Crippen LogP contribution is -2.37. The van der Waals surface area contributed by atoms with E-state index < -0.39 is 0 Å². The van der Waals surface area contributed by atoms with E-state index in [1.807, 2.05) is 0 Å². The summed E-state index contributed by atoms with van der Waals surface area (Å²) in [6.45, 7) is 1.69. The van der Waals surface area contributed by atoms with E-state index in [4.69, 9.17) is 0 Å². The molecule has 94 valence electrons. The van der Waals surface area contributed by atoms with Crippen molar-refractivity contribution in [3.63, 3.8) is 0 Å². The Hall–Kier alpha value is -0.780. The van der Waals surface area contributed by atoms with Gasteiger partial charge in [0.05, 0.1) is 6.04 Å². The molecular weight excluding hydrogens is 263 g/mol. The van der Waals surface area contributed by atoms with Crippen molar-refractivity contribution >= 4 is 35.8 Å². The summed E-state index contributed by atoms with van der Waals surface area (Å²) in [5.74, 6) is 1.15. The molecule has 1 saturated heterocycles. The van der Waals surface area contributed by atoms with Gasteiger partial charge in [0.25, 0.3) is 0 Å². The molecule has 17 heavy (non-hydrogen) atoms. The van der Waals surface area contributed by atoms with Crippen molar-refractivity contribution in [2.45, 2.75) is 13.0 Å². The van der Waals surface area contributed by atoms with Gasteiger partial charge >= 0.3 is 0 Å². The maximum atomic E-state index is 13.2. The molecule has 0 spiro atoms. The predicted octanol–water partition coefficient (Wildman–Crippen LogP) is 2.16. The van der Waals surface area contributed by atoms with Gasteiger partial charge < -0.3 is 5.32 Å². The summed E-state index contributed by atoms with van der Waals surface area (Å²) in [5.41, 5.74) is 1.08. The minimum atomic E-state index is -0.299. The van der Waals surface area contributed by atoms with Gasteiger partial charge in [0.1, 0.15) is 5.82 Å². The van der Waals surface area contributed by atoms with Crippen molar-refractivity contribution in [1.82, 2.24) is 5.32 Å². The second kappa shape index (κ2) is 6.23. The van der Waals surface area contributed by atoms with Crippen LogP contribution in [0.3, 0.4) is 0 Å². The van der Waals surface area contributed by atoms with E-state index in [2.05, 4.69) is 10.6 Å². The third-order valence-corrected chi connectivity index (χ3v) is 3.41. The fraction of sp³-hybridized carbons (Fsp3) is 0.364. The largest absolute Gasteiger partial charge is 0.325 e. The zero-order chi connectivity index (χ0) is 11.5. The highest BCUT2D eigenvalue weighted by Crippen LogP contribution is 2.15. The number of thioether (sulfide) groups is 1. The van der Waals surface area contributed by atoms with Gasteiger partial charge in [-0.15, -0.1) is 24.2 Å². The van der Waals surface area contributed by atoms with Crippen molar-refractivity contribution in [2.75, 3.05) is 16.9 Å². The molecule has 1 aliphatic heterocycles. The van der Waals surface area contributed by atoms with Gasteiger partial charge in [-0.3, -0.25) is 10.1 Å². The monoisotopic (exact) mass is 276 g/mol. The highest BCUT2D eigenvalue weighted by Gasteiger charge is 2.22. The van der Waals surface area contributed by atoms with Crippen LogP contribution in [0, 0.1) is 12.7 Å². The summed E-state index contributed by atoms with van der Waals surface area (Å²) in [5, 5.41) is 5.76. The number of rotatable bonds is 2. The maximum absolute atomic E-state index is 13.2. The highest BCUT2D eigenvalue weighted by molar-refractivity contribution is 7.99. The van der Waals surface area contributed by atoms with Crippen LogP contribution in [0.25, 0.3) is 0 Å². The lowest BCUT2D eigenvalue weighted by Gasteiger charge is -2.10. The molecule has 0 aromatic heterocycles. The number of aryl methyl sites for hydroxylation is 1. The van der Waals surface area contributed by atoms with Crippen LogP contribution in [0.4, 0.5) is 10.1 Å². The Balaban J connectivity index is 0.00000144. The number of hydrogen-bond donors (Lipinski definition) is 2. The topological polar surface area (TPSA) is 41.1 Å². The quantitative estimate of drug-likeness (QED) is 0.870. The van der Waals surface area contributed by atoms with Crippen LogP contribution in [0.15, 0.2) is 18.2 Å². The molecule has 1 aromatic carbocycles. The fourth-order valence-electron chi connectivity index (χ4n) is 1.46. The van der Waals surface area contributed by atoms with Gasteiger partial charge in [0.2, 0.25) is 5.91 Å². The molecule has 1 fully saturated rings. The SMILES string of the molecule is Cc1ccc(NC(=O)C2CSCN2)cc1F.Cl. The number of hydrogen-bond acceptors (Lipinski definition) is 3. The van der Waals surface area contributed by atoms with E-state index in [1.54, 1.807) is 30.8 Å². The van der Waals surface area contributed by atoms with Gasteiger partial charge in [-0.25, -0.2) is 4.39 Å². The van der Waals surface area contributed by atoms with E-state index in [1.165, 1.54) is 6.07 Å². The average molecular weight is 277 g/mol. The Kier molecular flexibility index (Phi) is 5.24. The molecule has 0 radical (unpaired) electrons. The Morgan fingerprint density at radius 3 is 2.94 bits per heavy atom. The number of carbonyl (C=O) groups is 1. The first-order chi connectivity index (χ1) is 7.66. The summed E-state index contributed by atoms with van der Waals surface area (Å²) in [7, 11) is 0. The van der Waals surface area contributed by atoms with E-state index in [-0.39, 0.29) is 30.2 Å². The van der Waals surface area contributed by atoms with Crippen molar-refractivity contribution in [2.24, 2.45) is 0 Å². The molecule has 0 bridgehead atoms. The molecule has 1 heterocycles. The Bertz CT molecular complexity index is 410. The smallest absolute Gasteiger partial charge is 0.242 e. The highest BCUT2D eigenvalue weighted by atomic mass is 35.5. The van der Waals surface area contributed by atoms with Crippen LogP contribution in [-0.2, 0) is 4.79 Å². The summed E-state index contributed by atoms with van der Waals surface area (Å²) < 4.78 is 13.2. The molecule has 3 nitrogen and oxygen atoms in total. The second-order valence-electron chi connectivity index (χ2n) is 3.73. The lowest BCUT2D eigenvalue weighted by molar-refractivity contribution is -0.117. The van der Waals surface area contributed by atoms with E-state index >= 15 is 0 Å². The normalized spacial score (nSPS) is 18.6. The van der Waals surface area contributed by atoms with Gasteiger partial charge in [-0.2, -0.15) is 0 Å². The molecule has 2 rings (SSSR count). The fourth-order valence-corrected chi connectivity index (χ4v) is 2.41. The minimum absolute atomic E-state index is 0. The molecule has 2 N–H and O–H groups in total. The molecule has 6 heteroatoms. The lowest BCUT2D eigenvalue weighted by atomic mass is 10.2. The van der Waals surface area contributed by atoms with Crippen molar-refractivity contribution < 1.29 is 9.18 Å². The molecule has 1 unspecified atom stereocenters. The van der Waals surface area contributed by atoms with Crippen LogP contribution in [-0.4, -0.2) is 23.6 Å². The van der Waals surface area contributed by atoms with Crippen LogP contribution in [0.1, 0.15) is 5.56 Å². The number of anilines is 1. The first-order valence-corrected chi connectivity index (χ1v) is 6.20. The molecule has 1 atom stereocenters. The van der Waals surface area contributed by atoms with E-state index in [0.717, 1.165) is 11.6 Å². The molecule has 1 aliphatic rings. The number of benzene rings is 1. The molecular formula is C11H14ClFN2OS. The average Bonchev–Trinajstić information content (AvgIpc) is 2.77. The number of amides is 1. The number of carbonyl (C=O) groups excluding carboxylic acids is 1. The third-order valence-electron chi connectivity index (χ3n) is 2.47. The molecule has 0 aliphatic carbocycles. The van der Waals surface area contributed by atoms with Crippen molar-refractivity contribution in [3.05, 3.63) is 29.6 Å². The molecule has 0 saturated carbocycles. The van der Waals surface area contributed by atoms with Crippen LogP contribution < -0.4 is 10.6 Å². The Morgan fingerprint density at radius 1 is 1.59 bits per heavy atom. The van der Waals surface area contributed by atoms with Crippen LogP contribution in [0.2, 0.25) is 0 Å². The third kappa shape index (κ3) is 3.59. The van der Waals surface area contributed by atoms with Gasteiger partial charge in [-0.1, -0.05) is 6.07 Å². The summed E-state index contributed by atoms with van der Waals surface area (Å²) >= 11 is 1.68. The zero-order valence-corrected chi connectivity index (χ0v) is 11.0. The predicted molar refractivity (Wildman–Crippen MR) is 71.3 cm³/mol. The number of halogens is 2. The summed E-state index contributed by atoms with van der Waals surface area (Å²) in [4.78, 5) is 11.7. The summed E-state index contributed by atoms with van der Waals surface area (Å²) in [6, 6.07) is 4.53. The van der Waals surface area contributed by atoms with Crippen molar-refractivity contribution in [3.8, 4) is 0 Å². The van der Waals surface area contributed by atoms with Crippen LogP contribution >= 0.6 is 24.2 Å². The maximum Gasteiger partial charge on any atom is 0.242 e.